The minimum Gasteiger partial charge on any atom is -0.370 e. The normalized spacial score (nSPS) is 7.18. The number of hydrogen-bond acceptors (Lipinski definition) is 7. The molecular formula is C9H15N7O. The Balaban J connectivity index is 0. The molecule has 0 heterocycles. The van der Waals surface area contributed by atoms with Gasteiger partial charge in [0.1, 0.15) is 0 Å². The fraction of sp³-hybridized carbons (Fsp3) is 0.556. The summed E-state index contributed by atoms with van der Waals surface area (Å²) in [6.07, 6.45) is 5.48. The molecule has 0 radical (unpaired) electrons. The molecule has 0 bridgehead atoms. The van der Waals surface area contributed by atoms with Crippen LogP contribution in [0.25, 0.3) is 0 Å². The number of nitriles is 3. The molecule has 0 rings (SSSR count). The third-order valence-corrected chi connectivity index (χ3v) is 1.31. The van der Waals surface area contributed by atoms with E-state index in [0.717, 1.165) is 0 Å². The molecule has 17 heavy (non-hydrogen) atoms. The van der Waals surface area contributed by atoms with E-state index >= 15 is 0 Å². The third-order valence-electron chi connectivity index (χ3n) is 1.31. The molecule has 0 aromatic carbocycles. The Kier molecular flexibility index (Phi) is 13.2. The second kappa shape index (κ2) is 13.3. The standard InChI is InChI=1S/C7H10N6.C2H5NO/c8-5-11-1-3-13(7-10)4-2-12-6-9;1-2(3)4/h11-12H,1-4H2;1H3,(H2,3,4). The van der Waals surface area contributed by atoms with Gasteiger partial charge in [0.25, 0.3) is 0 Å². The predicted octanol–water partition coefficient (Wildman–Crippen LogP) is -1.60. The van der Waals surface area contributed by atoms with Crippen LogP contribution in [-0.4, -0.2) is 37.0 Å². The van der Waals surface area contributed by atoms with Crippen LogP contribution in [0.5, 0.6) is 0 Å². The Morgan fingerprint density at radius 3 is 1.76 bits per heavy atom. The summed E-state index contributed by atoms with van der Waals surface area (Å²) in [5, 5.41) is 29.7. The SMILES string of the molecule is CC(N)=O.N#CNCCN(C#N)CCNC#N. The van der Waals surface area contributed by atoms with Gasteiger partial charge in [0.2, 0.25) is 5.91 Å². The lowest BCUT2D eigenvalue weighted by atomic mass is 10.5. The largest absolute Gasteiger partial charge is 0.370 e. The van der Waals surface area contributed by atoms with Crippen LogP contribution in [0.15, 0.2) is 0 Å². The molecular weight excluding hydrogens is 222 g/mol. The van der Waals surface area contributed by atoms with Gasteiger partial charge in [-0.2, -0.15) is 15.8 Å². The van der Waals surface area contributed by atoms with E-state index in [4.69, 9.17) is 15.8 Å². The van der Waals surface area contributed by atoms with E-state index in [1.165, 1.54) is 11.8 Å². The number of nitrogens with two attached hydrogens (primary N) is 1. The van der Waals surface area contributed by atoms with Gasteiger partial charge in [0, 0.05) is 33.1 Å². The number of hydrogen-bond donors (Lipinski definition) is 3. The quantitative estimate of drug-likeness (QED) is 0.287. The maximum absolute atomic E-state index is 9.22. The summed E-state index contributed by atoms with van der Waals surface area (Å²) in [5.74, 6) is -0.333. The first kappa shape index (κ1) is 16.8. The number of nitrogens with one attached hydrogen (secondary N) is 2. The van der Waals surface area contributed by atoms with Crippen LogP contribution >= 0.6 is 0 Å². The highest BCUT2D eigenvalue weighted by molar-refractivity contribution is 5.70. The van der Waals surface area contributed by atoms with Crippen molar-refractivity contribution in [2.45, 2.75) is 6.92 Å². The van der Waals surface area contributed by atoms with Crippen LogP contribution in [0, 0.1) is 34.4 Å². The average molecular weight is 237 g/mol. The number of amides is 1. The van der Waals surface area contributed by atoms with Crippen LogP contribution in [0.1, 0.15) is 6.92 Å². The summed E-state index contributed by atoms with van der Waals surface area (Å²) in [6.45, 7) is 3.13. The Hall–Kier alpha value is -2.66. The van der Waals surface area contributed by atoms with Gasteiger partial charge in [-0.15, -0.1) is 0 Å². The molecule has 0 unspecified atom stereocenters. The Labute approximate surface area is 100 Å². The van der Waals surface area contributed by atoms with E-state index in [9.17, 15) is 4.79 Å². The van der Waals surface area contributed by atoms with Crippen molar-refractivity contribution in [3.63, 3.8) is 0 Å². The molecule has 0 saturated carbocycles. The van der Waals surface area contributed by atoms with Crippen molar-refractivity contribution in [1.29, 1.82) is 15.8 Å². The summed E-state index contributed by atoms with van der Waals surface area (Å²) in [5.41, 5.74) is 4.47. The lowest BCUT2D eigenvalue weighted by molar-refractivity contribution is -0.115. The molecule has 0 aliphatic heterocycles. The summed E-state index contributed by atoms with van der Waals surface area (Å²) in [6, 6.07) is 0. The molecule has 0 atom stereocenters. The van der Waals surface area contributed by atoms with E-state index in [1.807, 2.05) is 6.19 Å². The summed E-state index contributed by atoms with van der Waals surface area (Å²) < 4.78 is 0. The fourth-order valence-corrected chi connectivity index (χ4v) is 0.705. The highest BCUT2D eigenvalue weighted by atomic mass is 16.1. The number of carbonyl (C=O) groups is 1. The monoisotopic (exact) mass is 237 g/mol. The Morgan fingerprint density at radius 1 is 1.18 bits per heavy atom. The van der Waals surface area contributed by atoms with E-state index < -0.39 is 0 Å². The molecule has 0 spiro atoms. The van der Waals surface area contributed by atoms with Crippen molar-refractivity contribution < 1.29 is 4.79 Å². The van der Waals surface area contributed by atoms with Gasteiger partial charge < -0.3 is 21.3 Å². The highest BCUT2D eigenvalue weighted by Gasteiger charge is 1.99. The summed E-state index contributed by atoms with van der Waals surface area (Å²) in [7, 11) is 0. The van der Waals surface area contributed by atoms with Gasteiger partial charge in [-0.3, -0.25) is 4.79 Å². The minimum atomic E-state index is -0.333. The zero-order valence-corrected chi connectivity index (χ0v) is 9.60. The van der Waals surface area contributed by atoms with E-state index in [2.05, 4.69) is 16.4 Å². The molecule has 8 nitrogen and oxygen atoms in total. The lowest BCUT2D eigenvalue weighted by Gasteiger charge is -2.13. The average Bonchev–Trinajstić information content (AvgIpc) is 2.27. The van der Waals surface area contributed by atoms with Crippen molar-refractivity contribution in [2.24, 2.45) is 5.73 Å². The molecule has 0 saturated heterocycles. The topological polar surface area (TPSA) is 142 Å². The third kappa shape index (κ3) is 19.7. The maximum Gasteiger partial charge on any atom is 0.214 e. The van der Waals surface area contributed by atoms with Crippen molar-refractivity contribution in [3.8, 4) is 18.6 Å². The molecule has 4 N–H and O–H groups in total. The van der Waals surface area contributed by atoms with E-state index in [-0.39, 0.29) is 5.91 Å². The predicted molar refractivity (Wildman–Crippen MR) is 59.3 cm³/mol. The fourth-order valence-electron chi connectivity index (χ4n) is 0.705. The smallest absolute Gasteiger partial charge is 0.214 e. The number of rotatable bonds is 6. The number of carbonyl (C=O) groups excluding carboxylic acids is 1. The van der Waals surface area contributed by atoms with Crippen LogP contribution < -0.4 is 16.4 Å². The van der Waals surface area contributed by atoms with Crippen molar-refractivity contribution in [3.05, 3.63) is 0 Å². The van der Waals surface area contributed by atoms with Crippen LogP contribution in [-0.2, 0) is 4.79 Å². The lowest BCUT2D eigenvalue weighted by Crippen LogP contribution is -2.31. The van der Waals surface area contributed by atoms with Crippen molar-refractivity contribution in [2.75, 3.05) is 26.2 Å². The molecule has 1 amide bonds. The van der Waals surface area contributed by atoms with Crippen LogP contribution in [0.4, 0.5) is 0 Å². The van der Waals surface area contributed by atoms with Gasteiger partial charge >= 0.3 is 0 Å². The molecule has 0 aromatic rings. The number of nitrogens with zero attached hydrogens (tertiary/aromatic N) is 4. The Morgan fingerprint density at radius 2 is 1.53 bits per heavy atom. The highest BCUT2D eigenvalue weighted by Crippen LogP contribution is 1.81. The molecule has 8 heteroatoms. The summed E-state index contributed by atoms with van der Waals surface area (Å²) >= 11 is 0. The second-order valence-corrected chi connectivity index (χ2v) is 2.77. The van der Waals surface area contributed by atoms with Crippen molar-refractivity contribution in [1.82, 2.24) is 15.5 Å². The minimum absolute atomic E-state index is 0.333. The van der Waals surface area contributed by atoms with E-state index in [1.54, 1.807) is 12.4 Å². The van der Waals surface area contributed by atoms with Crippen LogP contribution in [0.2, 0.25) is 0 Å². The first-order valence-electron chi connectivity index (χ1n) is 4.73. The molecule has 0 aliphatic carbocycles. The second-order valence-electron chi connectivity index (χ2n) is 2.77. The zero-order valence-electron chi connectivity index (χ0n) is 9.60. The number of primary amides is 1. The molecule has 0 aliphatic rings. The first-order chi connectivity index (χ1) is 8.08. The van der Waals surface area contributed by atoms with Crippen LogP contribution in [0.3, 0.4) is 0 Å². The summed E-state index contributed by atoms with van der Waals surface area (Å²) in [4.78, 5) is 10.7. The van der Waals surface area contributed by atoms with Gasteiger partial charge in [-0.1, -0.05) is 0 Å². The van der Waals surface area contributed by atoms with Crippen molar-refractivity contribution >= 4 is 5.91 Å². The van der Waals surface area contributed by atoms with E-state index in [0.29, 0.717) is 26.2 Å². The van der Waals surface area contributed by atoms with Gasteiger partial charge in [0.05, 0.1) is 0 Å². The maximum atomic E-state index is 9.22. The molecule has 92 valence electrons. The Bertz CT molecular complexity index is 298. The first-order valence-corrected chi connectivity index (χ1v) is 4.73. The molecule has 0 aromatic heterocycles. The van der Waals surface area contributed by atoms with Gasteiger partial charge in [-0.05, 0) is 0 Å². The zero-order chi connectivity index (χ0) is 13.5. The van der Waals surface area contributed by atoms with Gasteiger partial charge in [0.15, 0.2) is 18.6 Å². The van der Waals surface area contributed by atoms with Gasteiger partial charge in [-0.25, -0.2) is 0 Å². The molecule has 0 fully saturated rings.